The van der Waals surface area contributed by atoms with E-state index in [2.05, 4.69) is 14.9 Å². The van der Waals surface area contributed by atoms with Crippen molar-refractivity contribution in [3.8, 4) is 0 Å². The Morgan fingerprint density at radius 2 is 2.33 bits per heavy atom. The van der Waals surface area contributed by atoms with Gasteiger partial charge in [0.25, 0.3) is 0 Å². The van der Waals surface area contributed by atoms with E-state index in [1.165, 1.54) is 11.7 Å². The maximum absolute atomic E-state index is 10.8. The Labute approximate surface area is 74.3 Å². The van der Waals surface area contributed by atoms with E-state index >= 15 is 0 Å². The van der Waals surface area contributed by atoms with Crippen LogP contribution in [-0.2, 0) is 16.1 Å². The van der Waals surface area contributed by atoms with Gasteiger partial charge in [0.05, 0.1) is 7.11 Å². The van der Waals surface area contributed by atoms with Gasteiger partial charge in [0, 0.05) is 0 Å². The van der Waals surface area contributed by atoms with Gasteiger partial charge in [-0.1, -0.05) is 0 Å². The predicted molar refractivity (Wildman–Crippen MR) is 41.8 cm³/mol. The number of carbonyl (C=O) groups excluding carboxylic acids is 1. The first-order valence-electron chi connectivity index (χ1n) is 3.27. The Morgan fingerprint density at radius 1 is 1.67 bits per heavy atom. The molecule has 6 heteroatoms. The maximum Gasteiger partial charge on any atom is 0.325 e. The molecule has 0 aromatic carbocycles. The molecule has 0 radical (unpaired) electrons. The molecular weight excluding hydrogens is 182 g/mol. The number of aryl methyl sites for hydroxylation is 1. The molecule has 0 N–H and O–H groups in total. The molecule has 0 aliphatic carbocycles. The molecule has 12 heavy (non-hydrogen) atoms. The van der Waals surface area contributed by atoms with Crippen molar-refractivity contribution in [2.24, 2.45) is 0 Å². The zero-order chi connectivity index (χ0) is 9.14. The number of hydrogen-bond donors (Lipinski definition) is 0. The summed E-state index contributed by atoms with van der Waals surface area (Å²) in [6.45, 7) is 1.76. The highest BCUT2D eigenvalue weighted by Crippen LogP contribution is 2.06. The van der Waals surface area contributed by atoms with Crippen molar-refractivity contribution in [2.75, 3.05) is 7.11 Å². The van der Waals surface area contributed by atoms with E-state index in [4.69, 9.17) is 11.6 Å². The van der Waals surface area contributed by atoms with Crippen LogP contribution in [0.25, 0.3) is 0 Å². The van der Waals surface area contributed by atoms with Crippen molar-refractivity contribution in [3.63, 3.8) is 0 Å². The molecule has 5 nitrogen and oxygen atoms in total. The summed E-state index contributed by atoms with van der Waals surface area (Å²) in [5.74, 6) is 0.213. The minimum Gasteiger partial charge on any atom is -0.468 e. The molecule has 0 aliphatic rings. The molecule has 0 aliphatic heterocycles. The highest BCUT2D eigenvalue weighted by molar-refractivity contribution is 6.28. The average molecular weight is 190 g/mol. The molecule has 0 atom stereocenters. The SMILES string of the molecule is COC(=O)Cn1c(C)nnc1Cl. The molecule has 0 saturated heterocycles. The molecular formula is C6H8ClN3O2. The number of hydrogen-bond acceptors (Lipinski definition) is 4. The Balaban J connectivity index is 2.80. The van der Waals surface area contributed by atoms with Crippen LogP contribution < -0.4 is 0 Å². The van der Waals surface area contributed by atoms with Crippen molar-refractivity contribution in [2.45, 2.75) is 13.5 Å². The van der Waals surface area contributed by atoms with E-state index in [9.17, 15) is 4.79 Å². The number of rotatable bonds is 2. The second-order valence-electron chi connectivity index (χ2n) is 2.18. The summed E-state index contributed by atoms with van der Waals surface area (Å²) < 4.78 is 5.93. The number of carbonyl (C=O) groups is 1. The van der Waals surface area contributed by atoms with Crippen LogP contribution in [0.2, 0.25) is 5.28 Å². The van der Waals surface area contributed by atoms with Gasteiger partial charge in [-0.2, -0.15) is 0 Å². The highest BCUT2D eigenvalue weighted by Gasteiger charge is 2.09. The number of esters is 1. The quantitative estimate of drug-likeness (QED) is 0.633. The fraction of sp³-hybridized carbons (Fsp3) is 0.500. The molecule has 0 bridgehead atoms. The van der Waals surface area contributed by atoms with Crippen molar-refractivity contribution >= 4 is 17.6 Å². The van der Waals surface area contributed by atoms with Crippen molar-refractivity contribution in [1.29, 1.82) is 0 Å². The van der Waals surface area contributed by atoms with Gasteiger partial charge >= 0.3 is 5.97 Å². The van der Waals surface area contributed by atoms with Gasteiger partial charge in [-0.25, -0.2) is 0 Å². The Kier molecular flexibility index (Phi) is 2.65. The van der Waals surface area contributed by atoms with Crippen LogP contribution in [0.15, 0.2) is 0 Å². The maximum atomic E-state index is 10.8. The topological polar surface area (TPSA) is 57.0 Å². The monoisotopic (exact) mass is 189 g/mol. The first kappa shape index (κ1) is 8.99. The van der Waals surface area contributed by atoms with Crippen molar-refractivity contribution < 1.29 is 9.53 Å². The summed E-state index contributed by atoms with van der Waals surface area (Å²) in [5.41, 5.74) is 0. The predicted octanol–water partition coefficient (Wildman–Crippen LogP) is 0.413. The van der Waals surface area contributed by atoms with Gasteiger partial charge in [-0.15, -0.1) is 10.2 Å². The molecule has 0 fully saturated rings. The average Bonchev–Trinajstić information content (AvgIpc) is 2.35. The first-order valence-corrected chi connectivity index (χ1v) is 3.65. The van der Waals surface area contributed by atoms with Gasteiger partial charge < -0.3 is 4.74 Å². The third-order valence-corrected chi connectivity index (χ3v) is 1.69. The summed E-state index contributed by atoms with van der Waals surface area (Å²) in [5, 5.41) is 7.44. The van der Waals surface area contributed by atoms with Crippen LogP contribution in [0.5, 0.6) is 0 Å². The lowest BCUT2D eigenvalue weighted by Crippen LogP contribution is -2.12. The van der Waals surface area contributed by atoms with E-state index in [0.717, 1.165) is 0 Å². The molecule has 1 rings (SSSR count). The summed E-state index contributed by atoms with van der Waals surface area (Å²) in [6, 6.07) is 0. The van der Waals surface area contributed by atoms with Gasteiger partial charge in [-0.05, 0) is 18.5 Å². The molecule has 1 aromatic rings. The van der Waals surface area contributed by atoms with Crippen molar-refractivity contribution in [1.82, 2.24) is 14.8 Å². The summed E-state index contributed by atoms with van der Waals surface area (Å²) >= 11 is 5.63. The summed E-state index contributed by atoms with van der Waals surface area (Å²) in [6.07, 6.45) is 0. The Hall–Kier alpha value is -1.10. The molecule has 1 heterocycles. The summed E-state index contributed by atoms with van der Waals surface area (Å²) in [4.78, 5) is 10.8. The van der Waals surface area contributed by atoms with Gasteiger partial charge in [-0.3, -0.25) is 9.36 Å². The van der Waals surface area contributed by atoms with Gasteiger partial charge in [0.1, 0.15) is 12.4 Å². The van der Waals surface area contributed by atoms with Crippen LogP contribution in [0.3, 0.4) is 0 Å². The van der Waals surface area contributed by atoms with E-state index in [1.807, 2.05) is 0 Å². The lowest BCUT2D eigenvalue weighted by molar-refractivity contribution is -0.141. The molecule has 1 aromatic heterocycles. The second kappa shape index (κ2) is 3.53. The van der Waals surface area contributed by atoms with Crippen LogP contribution in [0.4, 0.5) is 0 Å². The molecule has 66 valence electrons. The second-order valence-corrected chi connectivity index (χ2v) is 2.52. The zero-order valence-electron chi connectivity index (χ0n) is 6.74. The number of halogens is 1. The number of aromatic nitrogens is 3. The van der Waals surface area contributed by atoms with E-state index < -0.39 is 0 Å². The van der Waals surface area contributed by atoms with Gasteiger partial charge in [0.2, 0.25) is 5.28 Å². The fourth-order valence-electron chi connectivity index (χ4n) is 0.728. The standard InChI is InChI=1S/C6H8ClN3O2/c1-4-8-9-6(7)10(4)3-5(11)12-2/h3H2,1-2H3. The van der Waals surface area contributed by atoms with Crippen LogP contribution in [-0.4, -0.2) is 27.8 Å². The number of methoxy groups -OCH3 is 1. The smallest absolute Gasteiger partial charge is 0.325 e. The molecule has 0 unspecified atom stereocenters. The van der Waals surface area contributed by atoms with Gasteiger partial charge in [0.15, 0.2) is 0 Å². The normalized spacial score (nSPS) is 9.92. The van der Waals surface area contributed by atoms with Crippen LogP contribution in [0.1, 0.15) is 5.82 Å². The highest BCUT2D eigenvalue weighted by atomic mass is 35.5. The van der Waals surface area contributed by atoms with Crippen LogP contribution in [0, 0.1) is 6.92 Å². The molecule has 0 saturated carbocycles. The van der Waals surface area contributed by atoms with E-state index in [1.54, 1.807) is 6.92 Å². The summed E-state index contributed by atoms with van der Waals surface area (Å²) in [7, 11) is 1.32. The van der Waals surface area contributed by atoms with E-state index in [-0.39, 0.29) is 17.8 Å². The fourth-order valence-corrected chi connectivity index (χ4v) is 0.948. The largest absolute Gasteiger partial charge is 0.468 e. The zero-order valence-corrected chi connectivity index (χ0v) is 7.50. The molecule has 0 spiro atoms. The Bertz CT molecular complexity index is 277. The molecule has 0 amide bonds. The Morgan fingerprint density at radius 3 is 2.75 bits per heavy atom. The first-order chi connectivity index (χ1) is 5.65. The van der Waals surface area contributed by atoms with Crippen LogP contribution >= 0.6 is 11.6 Å². The minimum atomic E-state index is -0.375. The lowest BCUT2D eigenvalue weighted by Gasteiger charge is -2.01. The minimum absolute atomic E-state index is 0.0498. The van der Waals surface area contributed by atoms with Crippen molar-refractivity contribution in [3.05, 3.63) is 11.1 Å². The number of nitrogens with zero attached hydrogens (tertiary/aromatic N) is 3. The lowest BCUT2D eigenvalue weighted by atomic mass is 10.6. The number of ether oxygens (including phenoxy) is 1. The third-order valence-electron chi connectivity index (χ3n) is 1.41. The third kappa shape index (κ3) is 1.73. The van der Waals surface area contributed by atoms with E-state index in [0.29, 0.717) is 5.82 Å².